The second-order valence-corrected chi connectivity index (χ2v) is 11.7. The molecule has 6 nitrogen and oxygen atoms in total. The third kappa shape index (κ3) is 6.18. The van der Waals surface area contributed by atoms with Crippen molar-refractivity contribution >= 4 is 11.8 Å². The molecule has 0 aromatic carbocycles. The van der Waals surface area contributed by atoms with E-state index in [1.807, 2.05) is 0 Å². The smallest absolute Gasteiger partial charge is 0.223 e. The number of carbonyl (C=O) groups is 2. The van der Waals surface area contributed by atoms with Crippen LogP contribution < -0.4 is 16.4 Å². The van der Waals surface area contributed by atoms with Crippen LogP contribution in [0.4, 0.5) is 0 Å². The number of primary amides is 1. The Kier molecular flexibility index (Phi) is 6.28. The number of hydrogen-bond acceptors (Lipinski definition) is 4. The summed E-state index contributed by atoms with van der Waals surface area (Å²) < 4.78 is 0. The van der Waals surface area contributed by atoms with E-state index in [9.17, 15) is 9.59 Å². The number of nitrogens with zero attached hydrogens (tertiary/aromatic N) is 1. The van der Waals surface area contributed by atoms with Crippen molar-refractivity contribution in [2.45, 2.75) is 128 Å². The number of nitrogens with two attached hydrogens (primary N) is 1. The minimum Gasteiger partial charge on any atom is -0.370 e. The first-order valence-corrected chi connectivity index (χ1v) is 10.7. The third-order valence-corrected chi connectivity index (χ3v) is 6.00. The molecule has 0 aromatic heterocycles. The molecule has 162 valence electrons. The zero-order valence-electron chi connectivity index (χ0n) is 19.2. The molecule has 0 spiro atoms. The number of hydrogen-bond donors (Lipinski definition) is 3. The van der Waals surface area contributed by atoms with Gasteiger partial charge < -0.3 is 21.3 Å². The monoisotopic (exact) mass is 394 g/mol. The lowest BCUT2D eigenvalue weighted by molar-refractivity contribution is -0.142. The van der Waals surface area contributed by atoms with Gasteiger partial charge >= 0.3 is 0 Å². The lowest BCUT2D eigenvalue weighted by atomic mass is 9.75. The molecule has 0 aromatic rings. The second-order valence-electron chi connectivity index (χ2n) is 11.7. The molecule has 0 saturated carbocycles. The Labute approximate surface area is 171 Å². The Morgan fingerprint density at radius 3 is 1.36 bits per heavy atom. The van der Waals surface area contributed by atoms with Gasteiger partial charge in [-0.25, -0.2) is 0 Å². The van der Waals surface area contributed by atoms with Gasteiger partial charge in [0.2, 0.25) is 11.8 Å². The summed E-state index contributed by atoms with van der Waals surface area (Å²) in [5.74, 6) is -0.346. The van der Waals surface area contributed by atoms with Crippen molar-refractivity contribution in [3.05, 3.63) is 0 Å². The molecule has 2 rings (SSSR count). The summed E-state index contributed by atoms with van der Waals surface area (Å²) in [6, 6.07) is 0.308. The minimum absolute atomic E-state index is 0.0490. The summed E-state index contributed by atoms with van der Waals surface area (Å²) in [4.78, 5) is 26.8. The first-order valence-electron chi connectivity index (χ1n) is 10.7. The number of piperidine rings is 2. The van der Waals surface area contributed by atoms with E-state index in [0.29, 0.717) is 0 Å². The predicted molar refractivity (Wildman–Crippen MR) is 114 cm³/mol. The van der Waals surface area contributed by atoms with Gasteiger partial charge in [-0.15, -0.1) is 0 Å². The summed E-state index contributed by atoms with van der Waals surface area (Å²) in [6.07, 6.45) is 3.94. The third-order valence-electron chi connectivity index (χ3n) is 6.00. The highest BCUT2D eigenvalue weighted by molar-refractivity contribution is 5.83. The number of amides is 2. The van der Waals surface area contributed by atoms with E-state index in [4.69, 9.17) is 5.73 Å². The first kappa shape index (κ1) is 23.1. The quantitative estimate of drug-likeness (QED) is 0.669. The molecule has 4 N–H and O–H groups in total. The molecular formula is C22H42N4O2. The average Bonchev–Trinajstić information content (AvgIpc) is 2.38. The van der Waals surface area contributed by atoms with E-state index >= 15 is 0 Å². The maximum absolute atomic E-state index is 13.4. The topological polar surface area (TPSA) is 87.5 Å². The molecule has 6 heteroatoms. The van der Waals surface area contributed by atoms with Crippen LogP contribution in [0.2, 0.25) is 0 Å². The Morgan fingerprint density at radius 2 is 1.07 bits per heavy atom. The molecule has 2 amide bonds. The van der Waals surface area contributed by atoms with Gasteiger partial charge in [0, 0.05) is 47.1 Å². The summed E-state index contributed by atoms with van der Waals surface area (Å²) in [7, 11) is 0. The SMILES string of the molecule is CC1(C)CC(N(C(=O)CCC(N)=O)C2CC(C)(C)NC(C)(C)C2)CC(C)(C)N1. The molecule has 0 atom stereocenters. The Morgan fingerprint density at radius 1 is 0.750 bits per heavy atom. The van der Waals surface area contributed by atoms with Crippen molar-refractivity contribution in [3.8, 4) is 0 Å². The Balaban J connectivity index is 2.36. The fourth-order valence-electron chi connectivity index (χ4n) is 5.99. The van der Waals surface area contributed by atoms with Crippen LogP contribution in [0, 0.1) is 0 Å². The number of nitrogens with one attached hydrogen (secondary N) is 2. The fraction of sp³-hybridized carbons (Fsp3) is 0.909. The standard InChI is InChI=1S/C22H42N4O2/c1-19(2)11-15(12-20(3,4)24-19)26(18(28)10-9-17(23)27)16-13-21(5,6)25-22(7,8)14-16/h15-16,24-25H,9-14H2,1-8H3,(H2,23,27). The number of carbonyl (C=O) groups excluding carboxylic acids is 2. The Hall–Kier alpha value is -1.14. The van der Waals surface area contributed by atoms with Gasteiger partial charge in [-0.2, -0.15) is 0 Å². The van der Waals surface area contributed by atoms with Crippen LogP contribution >= 0.6 is 0 Å². The van der Waals surface area contributed by atoms with Gasteiger partial charge in [-0.3, -0.25) is 9.59 Å². The van der Waals surface area contributed by atoms with Crippen molar-refractivity contribution in [2.24, 2.45) is 5.73 Å². The van der Waals surface area contributed by atoms with Crippen molar-refractivity contribution in [3.63, 3.8) is 0 Å². The van der Waals surface area contributed by atoms with Crippen LogP contribution in [-0.2, 0) is 9.59 Å². The summed E-state index contributed by atoms with van der Waals surface area (Å²) in [5.41, 5.74) is 5.14. The largest absolute Gasteiger partial charge is 0.370 e. The van der Waals surface area contributed by atoms with E-state index in [1.165, 1.54) is 0 Å². The van der Waals surface area contributed by atoms with Crippen LogP contribution in [0.5, 0.6) is 0 Å². The van der Waals surface area contributed by atoms with Crippen molar-refractivity contribution in [2.75, 3.05) is 0 Å². The molecule has 28 heavy (non-hydrogen) atoms. The van der Waals surface area contributed by atoms with Crippen molar-refractivity contribution < 1.29 is 9.59 Å². The van der Waals surface area contributed by atoms with Gasteiger partial charge in [-0.1, -0.05) is 0 Å². The lowest BCUT2D eigenvalue weighted by Crippen LogP contribution is -2.67. The summed E-state index contributed by atoms with van der Waals surface area (Å²) >= 11 is 0. The molecule has 0 unspecified atom stereocenters. The summed E-state index contributed by atoms with van der Waals surface area (Å²) in [6.45, 7) is 17.7. The molecule has 2 aliphatic rings. The zero-order valence-corrected chi connectivity index (χ0v) is 19.2. The molecule has 0 radical (unpaired) electrons. The molecule has 2 heterocycles. The normalized spacial score (nSPS) is 26.6. The van der Waals surface area contributed by atoms with E-state index < -0.39 is 5.91 Å². The minimum atomic E-state index is -0.412. The van der Waals surface area contributed by atoms with E-state index in [0.717, 1.165) is 25.7 Å². The fourth-order valence-corrected chi connectivity index (χ4v) is 5.99. The highest BCUT2D eigenvalue weighted by Gasteiger charge is 2.47. The van der Waals surface area contributed by atoms with Crippen molar-refractivity contribution in [1.82, 2.24) is 15.5 Å². The van der Waals surface area contributed by atoms with Crippen LogP contribution in [0.15, 0.2) is 0 Å². The molecule has 0 bridgehead atoms. The second kappa shape index (κ2) is 7.60. The molecule has 2 aliphatic heterocycles. The van der Waals surface area contributed by atoms with Crippen LogP contribution in [-0.4, -0.2) is 51.0 Å². The lowest BCUT2D eigenvalue weighted by Gasteiger charge is -2.55. The van der Waals surface area contributed by atoms with E-state index in [-0.39, 0.29) is 53.0 Å². The molecular weight excluding hydrogens is 352 g/mol. The first-order chi connectivity index (χ1) is 12.5. The summed E-state index contributed by atoms with van der Waals surface area (Å²) in [5, 5.41) is 7.43. The van der Waals surface area contributed by atoms with E-state index in [1.54, 1.807) is 0 Å². The zero-order chi connectivity index (χ0) is 21.5. The van der Waals surface area contributed by atoms with Crippen molar-refractivity contribution in [1.29, 1.82) is 0 Å². The maximum Gasteiger partial charge on any atom is 0.223 e. The van der Waals surface area contributed by atoms with Crippen LogP contribution in [0.1, 0.15) is 93.9 Å². The van der Waals surface area contributed by atoms with Gasteiger partial charge in [0.05, 0.1) is 0 Å². The Bertz CT molecular complexity index is 540. The number of rotatable bonds is 5. The highest BCUT2D eigenvalue weighted by Crippen LogP contribution is 2.38. The van der Waals surface area contributed by atoms with Gasteiger partial charge in [0.1, 0.15) is 0 Å². The highest BCUT2D eigenvalue weighted by atomic mass is 16.2. The average molecular weight is 395 g/mol. The van der Waals surface area contributed by atoms with Gasteiger partial charge in [0.15, 0.2) is 0 Å². The molecule has 2 saturated heterocycles. The van der Waals surface area contributed by atoms with Crippen LogP contribution in [0.3, 0.4) is 0 Å². The predicted octanol–water partition coefficient (Wildman–Crippen LogP) is 2.70. The molecule has 2 fully saturated rings. The maximum atomic E-state index is 13.4. The van der Waals surface area contributed by atoms with Gasteiger partial charge in [-0.05, 0) is 81.1 Å². The van der Waals surface area contributed by atoms with Gasteiger partial charge in [0.25, 0.3) is 0 Å². The van der Waals surface area contributed by atoms with E-state index in [2.05, 4.69) is 70.9 Å². The molecule has 0 aliphatic carbocycles. The van der Waals surface area contributed by atoms with Crippen LogP contribution in [0.25, 0.3) is 0 Å².